The molecule has 2 rings (SSSR count). The lowest BCUT2D eigenvalue weighted by atomic mass is 10.3. The Hall–Kier alpha value is -1.70. The topological polar surface area (TPSA) is 50.7 Å². The van der Waals surface area contributed by atoms with Crippen molar-refractivity contribution >= 4 is 17.3 Å². The minimum atomic E-state index is -4.41. The van der Waals surface area contributed by atoms with Gasteiger partial charge >= 0.3 is 6.18 Å². The Kier molecular flexibility index (Phi) is 3.46. The van der Waals surface area contributed by atoms with E-state index in [0.717, 1.165) is 0 Å². The van der Waals surface area contributed by atoms with Gasteiger partial charge in [-0.1, -0.05) is 0 Å². The van der Waals surface area contributed by atoms with Gasteiger partial charge in [0, 0.05) is 30.7 Å². The summed E-state index contributed by atoms with van der Waals surface area (Å²) in [6, 6.07) is 0. The number of rotatable bonds is 3. The molecule has 0 aliphatic heterocycles. The molecule has 2 aromatic heterocycles. The van der Waals surface area contributed by atoms with Crippen LogP contribution in [0.3, 0.4) is 0 Å². The highest BCUT2D eigenvalue weighted by molar-refractivity contribution is 7.15. The number of halogens is 3. The second-order valence-corrected chi connectivity index (χ2v) is 4.38. The fourth-order valence-electron chi connectivity index (χ4n) is 1.24. The summed E-state index contributed by atoms with van der Waals surface area (Å²) < 4.78 is 37.2. The Balaban J connectivity index is 2.23. The van der Waals surface area contributed by atoms with Crippen molar-refractivity contribution < 1.29 is 13.2 Å². The summed E-state index contributed by atoms with van der Waals surface area (Å²) >= 11 is 0.576. The Morgan fingerprint density at radius 3 is 2.33 bits per heavy atom. The van der Waals surface area contributed by atoms with Gasteiger partial charge in [-0.15, -0.1) is 11.3 Å². The van der Waals surface area contributed by atoms with Crippen molar-refractivity contribution in [2.75, 3.05) is 11.9 Å². The van der Waals surface area contributed by atoms with Crippen molar-refractivity contribution in [3.8, 4) is 10.4 Å². The second-order valence-electron chi connectivity index (χ2n) is 3.35. The number of aromatic nitrogens is 3. The van der Waals surface area contributed by atoms with Gasteiger partial charge < -0.3 is 5.32 Å². The van der Waals surface area contributed by atoms with E-state index in [1.54, 1.807) is 0 Å². The lowest BCUT2D eigenvalue weighted by Gasteiger charge is -2.01. The molecule has 0 aromatic carbocycles. The van der Waals surface area contributed by atoms with E-state index in [1.807, 2.05) is 6.92 Å². The summed E-state index contributed by atoms with van der Waals surface area (Å²) in [5, 5.41) is 2.03. The maximum absolute atomic E-state index is 12.4. The van der Waals surface area contributed by atoms with Crippen LogP contribution in [0, 0.1) is 0 Å². The van der Waals surface area contributed by atoms with E-state index in [0.29, 0.717) is 34.3 Å². The van der Waals surface area contributed by atoms with Gasteiger partial charge in [0.25, 0.3) is 0 Å². The molecule has 0 aliphatic carbocycles. The van der Waals surface area contributed by atoms with E-state index in [4.69, 9.17) is 0 Å². The lowest BCUT2D eigenvalue weighted by Crippen LogP contribution is -2.02. The highest BCUT2D eigenvalue weighted by Crippen LogP contribution is 2.35. The molecule has 8 heteroatoms. The molecule has 0 radical (unpaired) electrons. The van der Waals surface area contributed by atoms with Crippen molar-refractivity contribution in [3.05, 3.63) is 23.6 Å². The molecule has 0 saturated carbocycles. The van der Waals surface area contributed by atoms with Crippen LogP contribution in [0.5, 0.6) is 0 Å². The molecular formula is C10H9F3N4S. The van der Waals surface area contributed by atoms with E-state index in [2.05, 4.69) is 20.3 Å². The van der Waals surface area contributed by atoms with Gasteiger partial charge in [-0.3, -0.25) is 0 Å². The molecule has 0 bridgehead atoms. The van der Waals surface area contributed by atoms with Crippen molar-refractivity contribution in [2.45, 2.75) is 13.1 Å². The molecule has 18 heavy (non-hydrogen) atoms. The number of anilines is 1. The first-order chi connectivity index (χ1) is 8.50. The third-order valence-corrected chi connectivity index (χ3v) is 3.11. The van der Waals surface area contributed by atoms with Gasteiger partial charge in [-0.25, -0.2) is 15.0 Å². The van der Waals surface area contributed by atoms with Crippen LogP contribution in [0.4, 0.5) is 19.1 Å². The van der Waals surface area contributed by atoms with Gasteiger partial charge in [0.1, 0.15) is 0 Å². The van der Waals surface area contributed by atoms with Crippen molar-refractivity contribution in [2.24, 2.45) is 0 Å². The summed E-state index contributed by atoms with van der Waals surface area (Å²) in [7, 11) is 0. The minimum absolute atomic E-state index is 0.394. The highest BCUT2D eigenvalue weighted by atomic mass is 32.1. The van der Waals surface area contributed by atoms with Crippen LogP contribution in [-0.4, -0.2) is 21.5 Å². The summed E-state index contributed by atoms with van der Waals surface area (Å²) in [5.74, 6) is 0.446. The standard InChI is InChI=1S/C10H9F3N4S/c1-2-14-9-16-3-6(4-17-9)7-5-15-8(18-7)10(11,12)13/h3-5H,2H2,1H3,(H,14,16,17). The first-order valence-electron chi connectivity index (χ1n) is 5.10. The zero-order valence-corrected chi connectivity index (χ0v) is 10.1. The number of alkyl halides is 3. The maximum Gasteiger partial charge on any atom is 0.443 e. The fraction of sp³-hybridized carbons (Fsp3) is 0.300. The predicted molar refractivity (Wildman–Crippen MR) is 62.3 cm³/mol. The van der Waals surface area contributed by atoms with Gasteiger partial charge in [-0.05, 0) is 6.92 Å². The Morgan fingerprint density at radius 1 is 1.17 bits per heavy atom. The summed E-state index contributed by atoms with van der Waals surface area (Å²) in [4.78, 5) is 11.7. The van der Waals surface area contributed by atoms with Crippen molar-refractivity contribution in [3.63, 3.8) is 0 Å². The van der Waals surface area contributed by atoms with E-state index >= 15 is 0 Å². The van der Waals surface area contributed by atoms with Gasteiger partial charge in [0.15, 0.2) is 5.01 Å². The minimum Gasteiger partial charge on any atom is -0.355 e. The number of nitrogens with one attached hydrogen (secondary N) is 1. The molecule has 0 saturated heterocycles. The van der Waals surface area contributed by atoms with E-state index in [9.17, 15) is 13.2 Å². The molecule has 0 atom stereocenters. The van der Waals surface area contributed by atoms with Crippen LogP contribution >= 0.6 is 11.3 Å². The average Bonchev–Trinajstić information content (AvgIpc) is 2.79. The number of nitrogens with zero attached hydrogens (tertiary/aromatic N) is 3. The average molecular weight is 274 g/mol. The zero-order valence-electron chi connectivity index (χ0n) is 9.32. The van der Waals surface area contributed by atoms with E-state index in [1.165, 1.54) is 18.6 Å². The smallest absolute Gasteiger partial charge is 0.355 e. The van der Waals surface area contributed by atoms with Crippen LogP contribution < -0.4 is 5.32 Å². The molecule has 1 N–H and O–H groups in total. The zero-order chi connectivity index (χ0) is 13.2. The van der Waals surface area contributed by atoms with Gasteiger partial charge in [0.2, 0.25) is 5.95 Å². The van der Waals surface area contributed by atoms with Crippen molar-refractivity contribution in [1.29, 1.82) is 0 Å². The third-order valence-electron chi connectivity index (χ3n) is 2.02. The number of thiazole rings is 1. The molecule has 0 aliphatic rings. The molecule has 2 heterocycles. The van der Waals surface area contributed by atoms with Gasteiger partial charge in [0.05, 0.1) is 4.88 Å². The third kappa shape index (κ3) is 2.76. The number of hydrogen-bond donors (Lipinski definition) is 1. The largest absolute Gasteiger partial charge is 0.443 e. The van der Waals surface area contributed by atoms with Crippen LogP contribution in [0.1, 0.15) is 11.9 Å². The maximum atomic E-state index is 12.4. The molecule has 96 valence electrons. The van der Waals surface area contributed by atoms with Crippen LogP contribution in [0.2, 0.25) is 0 Å². The number of hydrogen-bond acceptors (Lipinski definition) is 5. The van der Waals surface area contributed by atoms with Gasteiger partial charge in [-0.2, -0.15) is 13.2 Å². The van der Waals surface area contributed by atoms with E-state index in [-0.39, 0.29) is 0 Å². The van der Waals surface area contributed by atoms with Crippen molar-refractivity contribution in [1.82, 2.24) is 15.0 Å². The van der Waals surface area contributed by atoms with E-state index < -0.39 is 11.2 Å². The van der Waals surface area contributed by atoms with Crippen LogP contribution in [-0.2, 0) is 6.18 Å². The molecule has 4 nitrogen and oxygen atoms in total. The highest BCUT2D eigenvalue weighted by Gasteiger charge is 2.34. The Bertz CT molecular complexity index is 521. The molecule has 0 spiro atoms. The second kappa shape index (κ2) is 4.89. The van der Waals surface area contributed by atoms with Crippen LogP contribution in [0.15, 0.2) is 18.6 Å². The fourth-order valence-corrected chi connectivity index (χ4v) is 2.00. The normalized spacial score (nSPS) is 11.6. The lowest BCUT2D eigenvalue weighted by molar-refractivity contribution is -0.137. The molecule has 0 fully saturated rings. The Labute approximate surface area is 105 Å². The first kappa shape index (κ1) is 12.7. The molecule has 2 aromatic rings. The summed E-state index contributed by atoms with van der Waals surface area (Å²) in [6.07, 6.45) is -0.288. The molecule has 0 unspecified atom stereocenters. The summed E-state index contributed by atoms with van der Waals surface area (Å²) in [6.45, 7) is 2.58. The SMILES string of the molecule is CCNc1ncc(-c2cnc(C(F)(F)F)s2)cn1. The summed E-state index contributed by atoms with van der Waals surface area (Å²) in [5.41, 5.74) is 0.518. The first-order valence-corrected chi connectivity index (χ1v) is 5.91. The molecule has 0 amide bonds. The van der Waals surface area contributed by atoms with Crippen LogP contribution in [0.25, 0.3) is 10.4 Å². The predicted octanol–water partition coefficient (Wildman–Crippen LogP) is 3.05. The Morgan fingerprint density at radius 2 is 1.83 bits per heavy atom. The quantitative estimate of drug-likeness (QED) is 0.934. The monoisotopic (exact) mass is 274 g/mol. The molecular weight excluding hydrogens is 265 g/mol.